The first-order valence-electron chi connectivity index (χ1n) is 12.2. The molecule has 0 aromatic heterocycles. The zero-order valence-corrected chi connectivity index (χ0v) is 19.6. The average Bonchev–Trinajstić information content (AvgIpc) is 3.17. The van der Waals surface area contributed by atoms with E-state index in [1.54, 1.807) is 0 Å². The standard InChI is InChI=1S/C27H32N2O6/c30-14-13-24(26(32)33)28-25(31)15-17-7-1-6-12-23(17)29-27(34)35-16-22-20-10-4-2-8-18(20)19-9-3-5-11-21(19)22/h2-5,8-11,17,22-24,30H,1,6-7,12-16H2,(H,28,31)(H,29,34)(H,32,33)/t17?,23?,24-/m0/s1. The monoisotopic (exact) mass is 480 g/mol. The fourth-order valence-electron chi connectivity index (χ4n) is 5.31. The maximum Gasteiger partial charge on any atom is 0.407 e. The van der Waals surface area contributed by atoms with Crippen molar-refractivity contribution in [3.05, 3.63) is 59.7 Å². The number of benzene rings is 2. The van der Waals surface area contributed by atoms with E-state index in [0.29, 0.717) is 0 Å². The number of aliphatic hydroxyl groups excluding tert-OH is 1. The highest BCUT2D eigenvalue weighted by Gasteiger charge is 2.32. The van der Waals surface area contributed by atoms with E-state index < -0.39 is 24.0 Å². The maximum absolute atomic E-state index is 12.7. The quantitative estimate of drug-likeness (QED) is 0.436. The van der Waals surface area contributed by atoms with Crippen molar-refractivity contribution >= 4 is 18.0 Å². The van der Waals surface area contributed by atoms with E-state index in [-0.39, 0.29) is 43.9 Å². The van der Waals surface area contributed by atoms with E-state index in [9.17, 15) is 19.5 Å². The predicted molar refractivity (Wildman–Crippen MR) is 130 cm³/mol. The lowest BCUT2D eigenvalue weighted by molar-refractivity contribution is -0.142. The summed E-state index contributed by atoms with van der Waals surface area (Å²) in [5.41, 5.74) is 4.61. The minimum atomic E-state index is -1.18. The number of carbonyl (C=O) groups excluding carboxylic acids is 2. The van der Waals surface area contributed by atoms with Gasteiger partial charge < -0.3 is 25.6 Å². The van der Waals surface area contributed by atoms with Gasteiger partial charge in [-0.3, -0.25) is 4.79 Å². The van der Waals surface area contributed by atoms with Gasteiger partial charge in [-0.05, 0) is 41.0 Å². The van der Waals surface area contributed by atoms with Crippen molar-refractivity contribution in [1.82, 2.24) is 10.6 Å². The van der Waals surface area contributed by atoms with Crippen LogP contribution in [0.5, 0.6) is 0 Å². The van der Waals surface area contributed by atoms with E-state index in [4.69, 9.17) is 9.84 Å². The second kappa shape index (κ2) is 11.4. The van der Waals surface area contributed by atoms with Crippen molar-refractivity contribution in [3.63, 3.8) is 0 Å². The Hall–Kier alpha value is -3.39. The number of amides is 2. The van der Waals surface area contributed by atoms with Gasteiger partial charge in [0, 0.05) is 31.4 Å². The molecule has 1 fully saturated rings. The zero-order valence-electron chi connectivity index (χ0n) is 19.6. The number of aliphatic hydroxyl groups is 1. The van der Waals surface area contributed by atoms with E-state index in [1.165, 1.54) is 0 Å². The summed E-state index contributed by atoms with van der Waals surface area (Å²) >= 11 is 0. The molecule has 4 N–H and O–H groups in total. The molecule has 8 nitrogen and oxygen atoms in total. The maximum atomic E-state index is 12.7. The van der Waals surface area contributed by atoms with Crippen LogP contribution in [0.2, 0.25) is 0 Å². The van der Waals surface area contributed by atoms with E-state index in [1.807, 2.05) is 24.3 Å². The van der Waals surface area contributed by atoms with Crippen molar-refractivity contribution < 1.29 is 29.3 Å². The molecule has 4 rings (SSSR count). The number of alkyl carbamates (subject to hydrolysis) is 1. The number of fused-ring (bicyclic) bond motifs is 3. The Kier molecular flexibility index (Phi) is 8.02. The van der Waals surface area contributed by atoms with Crippen molar-refractivity contribution in [2.24, 2.45) is 5.92 Å². The molecule has 2 aliphatic rings. The molecule has 186 valence electrons. The molecule has 0 saturated heterocycles. The van der Waals surface area contributed by atoms with Crippen LogP contribution in [-0.4, -0.2) is 53.5 Å². The lowest BCUT2D eigenvalue weighted by Crippen LogP contribution is -2.46. The molecular weight excluding hydrogens is 448 g/mol. The van der Waals surface area contributed by atoms with Gasteiger partial charge in [0.25, 0.3) is 0 Å². The molecule has 0 spiro atoms. The van der Waals surface area contributed by atoms with Gasteiger partial charge >= 0.3 is 12.1 Å². The normalized spacial score (nSPS) is 19.8. The molecule has 0 bridgehead atoms. The lowest BCUT2D eigenvalue weighted by Gasteiger charge is -2.32. The first-order valence-corrected chi connectivity index (χ1v) is 12.2. The smallest absolute Gasteiger partial charge is 0.407 e. The van der Waals surface area contributed by atoms with Crippen LogP contribution < -0.4 is 10.6 Å². The number of carboxylic acids is 1. The first-order chi connectivity index (χ1) is 17.0. The molecule has 3 atom stereocenters. The van der Waals surface area contributed by atoms with Gasteiger partial charge in [0.05, 0.1) is 0 Å². The van der Waals surface area contributed by atoms with Crippen LogP contribution in [0.15, 0.2) is 48.5 Å². The van der Waals surface area contributed by atoms with Gasteiger partial charge in [0.1, 0.15) is 12.6 Å². The predicted octanol–water partition coefficient (Wildman–Crippen LogP) is 3.43. The van der Waals surface area contributed by atoms with Gasteiger partial charge in [0.2, 0.25) is 5.91 Å². The van der Waals surface area contributed by atoms with Crippen LogP contribution in [0.4, 0.5) is 4.79 Å². The van der Waals surface area contributed by atoms with Crippen molar-refractivity contribution in [2.75, 3.05) is 13.2 Å². The van der Waals surface area contributed by atoms with Gasteiger partial charge in [-0.2, -0.15) is 0 Å². The second-order valence-corrected chi connectivity index (χ2v) is 9.30. The van der Waals surface area contributed by atoms with Gasteiger partial charge in [0.15, 0.2) is 0 Å². The fourth-order valence-corrected chi connectivity index (χ4v) is 5.31. The Morgan fingerprint density at radius 2 is 1.60 bits per heavy atom. The molecule has 8 heteroatoms. The fraction of sp³-hybridized carbons (Fsp3) is 0.444. The molecule has 2 aromatic carbocycles. The molecule has 1 saturated carbocycles. The Morgan fingerprint density at radius 1 is 0.971 bits per heavy atom. The molecule has 2 unspecified atom stereocenters. The number of aliphatic carboxylic acids is 1. The minimum Gasteiger partial charge on any atom is -0.480 e. The van der Waals surface area contributed by atoms with E-state index >= 15 is 0 Å². The van der Waals surface area contributed by atoms with Crippen molar-refractivity contribution in [2.45, 2.75) is 56.5 Å². The number of hydrogen-bond acceptors (Lipinski definition) is 5. The Balaban J connectivity index is 1.34. The first kappa shape index (κ1) is 24.7. The van der Waals surface area contributed by atoms with Crippen LogP contribution >= 0.6 is 0 Å². The topological polar surface area (TPSA) is 125 Å². The second-order valence-electron chi connectivity index (χ2n) is 9.30. The summed E-state index contributed by atoms with van der Waals surface area (Å²) in [5.74, 6) is -1.70. The summed E-state index contributed by atoms with van der Waals surface area (Å²) in [4.78, 5) is 36.5. The summed E-state index contributed by atoms with van der Waals surface area (Å²) in [6.45, 7) is -0.105. The molecular formula is C27H32N2O6. The summed E-state index contributed by atoms with van der Waals surface area (Å²) in [5, 5.41) is 23.7. The molecule has 0 radical (unpaired) electrons. The molecule has 2 aromatic rings. The third kappa shape index (κ3) is 5.82. The highest BCUT2D eigenvalue weighted by molar-refractivity contribution is 5.83. The summed E-state index contributed by atoms with van der Waals surface area (Å²) in [7, 11) is 0. The van der Waals surface area contributed by atoms with Crippen LogP contribution in [-0.2, 0) is 14.3 Å². The third-order valence-corrected chi connectivity index (χ3v) is 7.05. The number of hydrogen-bond donors (Lipinski definition) is 4. The molecule has 2 amide bonds. The van der Waals surface area contributed by atoms with Crippen molar-refractivity contribution in [1.29, 1.82) is 0 Å². The largest absolute Gasteiger partial charge is 0.480 e. The summed E-state index contributed by atoms with van der Waals surface area (Å²) in [6, 6.07) is 15.0. The van der Waals surface area contributed by atoms with Crippen LogP contribution in [0.3, 0.4) is 0 Å². The number of carboxylic acid groups (broad SMARTS) is 1. The number of ether oxygens (including phenoxy) is 1. The van der Waals surface area contributed by atoms with E-state index in [0.717, 1.165) is 47.9 Å². The van der Waals surface area contributed by atoms with Crippen LogP contribution in [0.1, 0.15) is 55.6 Å². The highest BCUT2D eigenvalue weighted by Crippen LogP contribution is 2.44. The van der Waals surface area contributed by atoms with Gasteiger partial charge in [-0.25, -0.2) is 9.59 Å². The average molecular weight is 481 g/mol. The molecule has 35 heavy (non-hydrogen) atoms. The SMILES string of the molecule is O=C(CC1CCCCC1NC(=O)OCC1c2ccccc2-c2ccccc21)N[C@@H](CCO)C(=O)O. The third-order valence-electron chi connectivity index (χ3n) is 7.05. The van der Waals surface area contributed by atoms with Crippen molar-refractivity contribution in [3.8, 4) is 11.1 Å². The van der Waals surface area contributed by atoms with Crippen LogP contribution in [0.25, 0.3) is 11.1 Å². The minimum absolute atomic E-state index is 0.0273. The summed E-state index contributed by atoms with van der Waals surface area (Å²) < 4.78 is 5.67. The lowest BCUT2D eigenvalue weighted by atomic mass is 9.82. The van der Waals surface area contributed by atoms with Gasteiger partial charge in [-0.1, -0.05) is 61.4 Å². The Bertz CT molecular complexity index is 1030. The highest BCUT2D eigenvalue weighted by atomic mass is 16.5. The van der Waals surface area contributed by atoms with Gasteiger partial charge in [-0.15, -0.1) is 0 Å². The summed E-state index contributed by atoms with van der Waals surface area (Å²) in [6.07, 6.45) is 2.94. The molecule has 2 aliphatic carbocycles. The zero-order chi connectivity index (χ0) is 24.8. The number of nitrogens with one attached hydrogen (secondary N) is 2. The Morgan fingerprint density at radius 3 is 2.23 bits per heavy atom. The molecule has 0 heterocycles. The number of rotatable bonds is 9. The van der Waals surface area contributed by atoms with Crippen LogP contribution in [0, 0.1) is 5.92 Å². The number of carbonyl (C=O) groups is 3. The van der Waals surface area contributed by atoms with E-state index in [2.05, 4.69) is 34.9 Å². The Labute approximate surface area is 204 Å². The molecule has 0 aliphatic heterocycles.